The fraction of sp³-hybridized carbons (Fsp3) is 0.615. The molecule has 0 aromatic rings. The Labute approximate surface area is 101 Å². The van der Waals surface area contributed by atoms with Crippen molar-refractivity contribution >= 4 is 17.5 Å². The second-order valence-corrected chi connectivity index (χ2v) is 4.91. The van der Waals surface area contributed by atoms with Crippen LogP contribution < -0.4 is 0 Å². The van der Waals surface area contributed by atoms with Gasteiger partial charge in [0.05, 0.1) is 5.92 Å². The summed E-state index contributed by atoms with van der Waals surface area (Å²) in [4.78, 5) is 34.4. The predicted molar refractivity (Wildman–Crippen MR) is 62.4 cm³/mol. The van der Waals surface area contributed by atoms with E-state index in [2.05, 4.69) is 6.58 Å². The van der Waals surface area contributed by atoms with Crippen LogP contribution in [0.4, 0.5) is 0 Å². The van der Waals surface area contributed by atoms with E-state index >= 15 is 0 Å². The molecular weight excluding hydrogens is 220 g/mol. The van der Waals surface area contributed by atoms with E-state index in [1.54, 1.807) is 6.92 Å². The number of carboxylic acid groups (broad SMARTS) is 1. The minimum Gasteiger partial charge on any atom is -0.481 e. The number of ketones is 2. The molecule has 0 spiro atoms. The first kappa shape index (κ1) is 13.6. The summed E-state index contributed by atoms with van der Waals surface area (Å²) in [6.45, 7) is 8.36. The third-order valence-electron chi connectivity index (χ3n) is 3.65. The number of aliphatic carboxylic acids is 1. The number of allylic oxidation sites excluding steroid dienone is 1. The molecule has 0 amide bonds. The Kier molecular flexibility index (Phi) is 3.86. The number of rotatable bonds is 4. The monoisotopic (exact) mass is 238 g/mol. The fourth-order valence-corrected chi connectivity index (χ4v) is 2.90. The van der Waals surface area contributed by atoms with Crippen molar-refractivity contribution in [1.82, 2.24) is 0 Å². The van der Waals surface area contributed by atoms with Crippen molar-refractivity contribution in [3.05, 3.63) is 12.2 Å². The largest absolute Gasteiger partial charge is 0.481 e. The van der Waals surface area contributed by atoms with Gasteiger partial charge in [-0.05, 0) is 33.1 Å². The van der Waals surface area contributed by atoms with E-state index < -0.39 is 23.7 Å². The second-order valence-electron chi connectivity index (χ2n) is 4.91. The first-order chi connectivity index (χ1) is 7.77. The van der Waals surface area contributed by atoms with Gasteiger partial charge in [-0.1, -0.05) is 12.2 Å². The number of carbonyl (C=O) groups excluding carboxylic acids is 2. The van der Waals surface area contributed by atoms with Gasteiger partial charge in [0, 0.05) is 11.8 Å². The number of Topliss-reactive ketones (excluding diaryl/α,β-unsaturated/α-hetero) is 2. The molecule has 1 aliphatic rings. The minimum atomic E-state index is -1.000. The van der Waals surface area contributed by atoms with Gasteiger partial charge in [0.2, 0.25) is 0 Å². The highest BCUT2D eigenvalue weighted by molar-refractivity contribution is 5.92. The van der Waals surface area contributed by atoms with E-state index in [4.69, 9.17) is 5.11 Å². The van der Waals surface area contributed by atoms with E-state index in [0.29, 0.717) is 6.42 Å². The molecule has 17 heavy (non-hydrogen) atoms. The van der Waals surface area contributed by atoms with E-state index in [1.165, 1.54) is 13.8 Å². The van der Waals surface area contributed by atoms with Crippen LogP contribution in [0, 0.1) is 23.7 Å². The Morgan fingerprint density at radius 1 is 1.00 bits per heavy atom. The highest BCUT2D eigenvalue weighted by Gasteiger charge is 2.50. The number of carbonyl (C=O) groups is 3. The molecule has 1 aliphatic carbocycles. The van der Waals surface area contributed by atoms with Crippen molar-refractivity contribution in [2.75, 3.05) is 0 Å². The molecule has 0 bridgehead atoms. The molecule has 1 N–H and O–H groups in total. The summed E-state index contributed by atoms with van der Waals surface area (Å²) in [7, 11) is 0. The lowest BCUT2D eigenvalue weighted by Crippen LogP contribution is -2.32. The zero-order valence-electron chi connectivity index (χ0n) is 10.4. The second kappa shape index (κ2) is 4.82. The number of hydrogen-bond acceptors (Lipinski definition) is 3. The number of carboxylic acids is 1. The SMILES string of the molecule is C=C(C)C1CC(C(=O)O)C(C(C)=O)C1C(C)=O. The molecule has 0 aliphatic heterocycles. The molecule has 1 rings (SSSR count). The zero-order chi connectivity index (χ0) is 13.3. The van der Waals surface area contributed by atoms with Crippen molar-refractivity contribution < 1.29 is 19.5 Å². The standard InChI is InChI=1S/C13H18O4/c1-6(2)9-5-10(13(16)17)12(8(4)15)11(9)7(3)14/h9-12H,1,5H2,2-4H3,(H,16,17). The molecule has 0 saturated heterocycles. The van der Waals surface area contributed by atoms with Crippen molar-refractivity contribution in [3.8, 4) is 0 Å². The quantitative estimate of drug-likeness (QED) is 0.756. The normalized spacial score (nSPS) is 32.2. The molecule has 0 radical (unpaired) electrons. The average molecular weight is 238 g/mol. The lowest BCUT2D eigenvalue weighted by molar-refractivity contribution is -0.146. The van der Waals surface area contributed by atoms with Gasteiger partial charge < -0.3 is 5.11 Å². The van der Waals surface area contributed by atoms with Gasteiger partial charge in [-0.2, -0.15) is 0 Å². The number of hydrogen-bond donors (Lipinski definition) is 1. The van der Waals surface area contributed by atoms with Crippen LogP contribution in [0.1, 0.15) is 27.2 Å². The van der Waals surface area contributed by atoms with Crippen molar-refractivity contribution in [3.63, 3.8) is 0 Å². The lowest BCUT2D eigenvalue weighted by atomic mass is 9.80. The summed E-state index contributed by atoms with van der Waals surface area (Å²) in [6, 6.07) is 0. The van der Waals surface area contributed by atoms with Crippen LogP contribution in [0.25, 0.3) is 0 Å². The predicted octanol–water partition coefficient (Wildman–Crippen LogP) is 1.69. The van der Waals surface area contributed by atoms with Crippen LogP contribution in [0.3, 0.4) is 0 Å². The van der Waals surface area contributed by atoms with Crippen LogP contribution in [0.5, 0.6) is 0 Å². The first-order valence-electron chi connectivity index (χ1n) is 5.66. The molecule has 94 valence electrons. The third kappa shape index (κ3) is 2.46. The Bertz CT molecular complexity index is 347. The molecule has 4 nitrogen and oxygen atoms in total. The minimum absolute atomic E-state index is 0.123. The van der Waals surface area contributed by atoms with E-state index in [1.807, 2.05) is 0 Å². The van der Waals surface area contributed by atoms with E-state index in [-0.39, 0.29) is 17.5 Å². The molecule has 4 heteroatoms. The molecule has 0 heterocycles. The maximum atomic E-state index is 11.7. The first-order valence-corrected chi connectivity index (χ1v) is 5.66. The summed E-state index contributed by atoms with van der Waals surface area (Å²) < 4.78 is 0. The molecular formula is C13H18O4. The summed E-state index contributed by atoms with van der Waals surface area (Å²) in [5.41, 5.74) is 0.778. The van der Waals surface area contributed by atoms with Gasteiger partial charge in [0.25, 0.3) is 0 Å². The molecule has 0 aromatic heterocycles. The fourth-order valence-electron chi connectivity index (χ4n) is 2.90. The Balaban J connectivity index is 3.17. The van der Waals surface area contributed by atoms with Gasteiger partial charge in [0.15, 0.2) is 0 Å². The summed E-state index contributed by atoms with van der Waals surface area (Å²) >= 11 is 0. The van der Waals surface area contributed by atoms with Crippen LogP contribution in [0.2, 0.25) is 0 Å². The molecule has 0 aromatic carbocycles. The summed E-state index contributed by atoms with van der Waals surface area (Å²) in [5, 5.41) is 9.14. The maximum absolute atomic E-state index is 11.7. The lowest BCUT2D eigenvalue weighted by Gasteiger charge is -2.21. The van der Waals surface area contributed by atoms with E-state index in [9.17, 15) is 14.4 Å². The van der Waals surface area contributed by atoms with Crippen molar-refractivity contribution in [2.45, 2.75) is 27.2 Å². The maximum Gasteiger partial charge on any atom is 0.307 e. The smallest absolute Gasteiger partial charge is 0.307 e. The Hall–Kier alpha value is -1.45. The Morgan fingerprint density at radius 3 is 1.71 bits per heavy atom. The van der Waals surface area contributed by atoms with Gasteiger partial charge in [0.1, 0.15) is 11.6 Å². The topological polar surface area (TPSA) is 71.4 Å². The van der Waals surface area contributed by atoms with Gasteiger partial charge in [-0.25, -0.2) is 0 Å². The molecule has 1 fully saturated rings. The van der Waals surface area contributed by atoms with E-state index in [0.717, 1.165) is 5.57 Å². The van der Waals surface area contributed by atoms with Gasteiger partial charge in [-0.15, -0.1) is 0 Å². The molecule has 1 saturated carbocycles. The summed E-state index contributed by atoms with van der Waals surface area (Å²) in [6.07, 6.45) is 0.332. The van der Waals surface area contributed by atoms with Gasteiger partial charge >= 0.3 is 5.97 Å². The highest BCUT2D eigenvalue weighted by atomic mass is 16.4. The van der Waals surface area contributed by atoms with Crippen molar-refractivity contribution in [1.29, 1.82) is 0 Å². The molecule has 4 unspecified atom stereocenters. The third-order valence-corrected chi connectivity index (χ3v) is 3.65. The van der Waals surface area contributed by atoms with Crippen molar-refractivity contribution in [2.24, 2.45) is 23.7 Å². The van der Waals surface area contributed by atoms with Gasteiger partial charge in [-0.3, -0.25) is 14.4 Å². The van der Waals surface area contributed by atoms with Crippen LogP contribution in [-0.4, -0.2) is 22.6 Å². The average Bonchev–Trinajstić information content (AvgIpc) is 2.56. The van der Waals surface area contributed by atoms with Crippen LogP contribution >= 0.6 is 0 Å². The van der Waals surface area contributed by atoms with Crippen LogP contribution in [-0.2, 0) is 14.4 Å². The zero-order valence-corrected chi connectivity index (χ0v) is 10.4. The summed E-state index contributed by atoms with van der Waals surface area (Å²) in [5.74, 6) is -3.52. The molecule has 4 atom stereocenters. The Morgan fingerprint density at radius 2 is 1.41 bits per heavy atom. The van der Waals surface area contributed by atoms with Crippen LogP contribution in [0.15, 0.2) is 12.2 Å². The highest BCUT2D eigenvalue weighted by Crippen LogP contribution is 2.45.